The van der Waals surface area contributed by atoms with Gasteiger partial charge in [-0.3, -0.25) is 0 Å². The van der Waals surface area contributed by atoms with Crippen LogP contribution in [0.1, 0.15) is 17.9 Å². The second-order valence-corrected chi connectivity index (χ2v) is 4.59. The summed E-state index contributed by atoms with van der Waals surface area (Å²) in [4.78, 5) is 0. The molecule has 1 aromatic rings. The van der Waals surface area contributed by atoms with Gasteiger partial charge in [-0.2, -0.15) is 0 Å². The summed E-state index contributed by atoms with van der Waals surface area (Å²) in [6.07, 6.45) is 1.03. The zero-order valence-electron chi connectivity index (χ0n) is 8.79. The first-order valence-corrected chi connectivity index (χ1v) is 5.63. The Balaban J connectivity index is 2.42. The van der Waals surface area contributed by atoms with Gasteiger partial charge >= 0.3 is 0 Å². The topological polar surface area (TPSA) is 44.5 Å². The maximum atomic E-state index is 5.84. The van der Waals surface area contributed by atoms with Crippen LogP contribution in [0.4, 0.5) is 0 Å². The molecule has 0 unspecified atom stereocenters. The van der Waals surface area contributed by atoms with Gasteiger partial charge in [-0.15, -0.1) is 0 Å². The lowest BCUT2D eigenvalue weighted by Gasteiger charge is -2.11. The van der Waals surface area contributed by atoms with Crippen LogP contribution in [0.3, 0.4) is 0 Å². The van der Waals surface area contributed by atoms with Gasteiger partial charge < -0.3 is 15.2 Å². The van der Waals surface area contributed by atoms with Crippen LogP contribution in [0.2, 0.25) is 0 Å². The van der Waals surface area contributed by atoms with Crippen molar-refractivity contribution in [3.05, 3.63) is 22.2 Å². The lowest BCUT2D eigenvalue weighted by Crippen LogP contribution is -2.02. The normalized spacial score (nSPS) is 23.7. The largest absolute Gasteiger partial charge is 0.496 e. The van der Waals surface area contributed by atoms with Crippen molar-refractivity contribution in [3.8, 4) is 11.5 Å². The molecule has 1 aliphatic rings. The summed E-state index contributed by atoms with van der Waals surface area (Å²) in [5, 5.41) is 0. The maximum absolute atomic E-state index is 5.84. The Morgan fingerprint density at radius 1 is 1.27 bits per heavy atom. The Morgan fingerprint density at radius 2 is 1.87 bits per heavy atom. The third-order valence-electron chi connectivity index (χ3n) is 2.74. The lowest BCUT2D eigenvalue weighted by molar-refractivity contribution is 0.396. The Bertz CT molecular complexity index is 381. The van der Waals surface area contributed by atoms with Crippen LogP contribution in [-0.2, 0) is 0 Å². The van der Waals surface area contributed by atoms with Crippen molar-refractivity contribution < 1.29 is 9.47 Å². The van der Waals surface area contributed by atoms with Crippen molar-refractivity contribution in [1.29, 1.82) is 0 Å². The third-order valence-corrected chi connectivity index (χ3v) is 3.36. The molecule has 0 bridgehead atoms. The van der Waals surface area contributed by atoms with Crippen molar-refractivity contribution in [3.63, 3.8) is 0 Å². The van der Waals surface area contributed by atoms with Gasteiger partial charge in [0.25, 0.3) is 0 Å². The molecule has 1 aromatic carbocycles. The quantitative estimate of drug-likeness (QED) is 0.918. The number of hydrogen-bond donors (Lipinski definition) is 1. The second-order valence-electron chi connectivity index (χ2n) is 3.73. The fourth-order valence-corrected chi connectivity index (χ4v) is 2.23. The highest BCUT2D eigenvalue weighted by Crippen LogP contribution is 2.46. The van der Waals surface area contributed by atoms with Crippen molar-refractivity contribution >= 4 is 15.9 Å². The number of hydrogen-bond acceptors (Lipinski definition) is 3. The number of rotatable bonds is 3. The molecule has 2 atom stereocenters. The number of nitrogens with two attached hydrogens (primary N) is 1. The average Bonchev–Trinajstić information content (AvgIpc) is 2.95. The van der Waals surface area contributed by atoms with Crippen LogP contribution in [0.25, 0.3) is 0 Å². The predicted octanol–water partition coefficient (Wildman–Crippen LogP) is 2.28. The van der Waals surface area contributed by atoms with E-state index in [1.54, 1.807) is 14.2 Å². The standard InChI is InChI=1S/C11H14BrNO2/c1-14-10-5-8(12)11(15-2)4-7(10)6-3-9(6)13/h4-6,9H,3,13H2,1-2H3/t6-,9+/m0/s1. The smallest absolute Gasteiger partial charge is 0.133 e. The van der Waals surface area contributed by atoms with E-state index in [9.17, 15) is 0 Å². The Labute approximate surface area is 97.7 Å². The molecule has 1 saturated carbocycles. The molecule has 1 aliphatic carbocycles. The Morgan fingerprint density at radius 3 is 2.33 bits per heavy atom. The highest BCUT2D eigenvalue weighted by molar-refractivity contribution is 9.10. The molecular weight excluding hydrogens is 258 g/mol. The summed E-state index contributed by atoms with van der Waals surface area (Å²) in [6.45, 7) is 0. The van der Waals surface area contributed by atoms with Gasteiger partial charge in [0.15, 0.2) is 0 Å². The minimum absolute atomic E-state index is 0.268. The molecule has 1 fully saturated rings. The van der Waals surface area contributed by atoms with E-state index >= 15 is 0 Å². The van der Waals surface area contributed by atoms with E-state index in [1.807, 2.05) is 12.1 Å². The van der Waals surface area contributed by atoms with Crippen molar-refractivity contribution in [2.45, 2.75) is 18.4 Å². The first-order chi connectivity index (χ1) is 7.17. The Kier molecular flexibility index (Phi) is 2.89. The van der Waals surface area contributed by atoms with Gasteiger partial charge in [-0.05, 0) is 34.5 Å². The molecule has 0 aliphatic heterocycles. The molecule has 82 valence electrons. The van der Waals surface area contributed by atoms with Crippen LogP contribution in [0, 0.1) is 0 Å². The van der Waals surface area contributed by atoms with E-state index in [2.05, 4.69) is 15.9 Å². The minimum atomic E-state index is 0.268. The summed E-state index contributed by atoms with van der Waals surface area (Å²) < 4.78 is 11.5. The third kappa shape index (κ3) is 1.96. The molecule has 0 spiro atoms. The van der Waals surface area contributed by atoms with E-state index in [0.29, 0.717) is 5.92 Å². The van der Waals surface area contributed by atoms with Crippen LogP contribution in [0.5, 0.6) is 11.5 Å². The molecule has 0 amide bonds. The summed E-state index contributed by atoms with van der Waals surface area (Å²) in [5.41, 5.74) is 6.99. The first-order valence-electron chi connectivity index (χ1n) is 4.84. The van der Waals surface area contributed by atoms with E-state index in [0.717, 1.165) is 28.0 Å². The minimum Gasteiger partial charge on any atom is -0.496 e. The SMILES string of the molecule is COc1cc([C@@H]2C[C@H]2N)c(OC)cc1Br. The van der Waals surface area contributed by atoms with Crippen LogP contribution >= 0.6 is 15.9 Å². The molecule has 3 nitrogen and oxygen atoms in total. The van der Waals surface area contributed by atoms with E-state index in [-0.39, 0.29) is 6.04 Å². The monoisotopic (exact) mass is 271 g/mol. The molecule has 0 radical (unpaired) electrons. The summed E-state index contributed by atoms with van der Waals surface area (Å²) in [7, 11) is 3.33. The summed E-state index contributed by atoms with van der Waals surface area (Å²) >= 11 is 3.43. The molecular formula is C11H14BrNO2. The number of halogens is 1. The highest BCUT2D eigenvalue weighted by Gasteiger charge is 2.37. The van der Waals surface area contributed by atoms with Crippen molar-refractivity contribution in [2.75, 3.05) is 14.2 Å². The summed E-state index contributed by atoms with van der Waals surface area (Å²) in [6, 6.07) is 4.20. The molecule has 2 rings (SSSR count). The molecule has 0 heterocycles. The average molecular weight is 272 g/mol. The van der Waals surface area contributed by atoms with E-state index in [4.69, 9.17) is 15.2 Å². The lowest BCUT2D eigenvalue weighted by atomic mass is 10.1. The zero-order valence-corrected chi connectivity index (χ0v) is 10.4. The van der Waals surface area contributed by atoms with Crippen LogP contribution < -0.4 is 15.2 Å². The Hall–Kier alpha value is -0.740. The van der Waals surface area contributed by atoms with Gasteiger partial charge in [-0.25, -0.2) is 0 Å². The number of methoxy groups -OCH3 is 2. The van der Waals surface area contributed by atoms with Gasteiger partial charge in [0.1, 0.15) is 11.5 Å². The molecule has 0 aromatic heterocycles. The van der Waals surface area contributed by atoms with Crippen molar-refractivity contribution in [2.24, 2.45) is 5.73 Å². The van der Waals surface area contributed by atoms with Crippen LogP contribution in [-0.4, -0.2) is 20.3 Å². The summed E-state index contributed by atoms with van der Waals surface area (Å²) in [5.74, 6) is 2.12. The number of ether oxygens (including phenoxy) is 2. The first kappa shape index (κ1) is 10.8. The van der Waals surface area contributed by atoms with Crippen LogP contribution in [0.15, 0.2) is 16.6 Å². The predicted molar refractivity (Wildman–Crippen MR) is 62.6 cm³/mol. The maximum Gasteiger partial charge on any atom is 0.133 e. The molecule has 2 N–H and O–H groups in total. The molecule has 0 saturated heterocycles. The van der Waals surface area contributed by atoms with E-state index < -0.39 is 0 Å². The fraction of sp³-hybridized carbons (Fsp3) is 0.455. The highest BCUT2D eigenvalue weighted by atomic mass is 79.9. The van der Waals surface area contributed by atoms with Gasteiger partial charge in [0.2, 0.25) is 0 Å². The molecule has 4 heteroatoms. The van der Waals surface area contributed by atoms with Gasteiger partial charge in [0.05, 0.1) is 18.7 Å². The molecule has 15 heavy (non-hydrogen) atoms. The van der Waals surface area contributed by atoms with Gasteiger partial charge in [0, 0.05) is 17.5 Å². The number of benzene rings is 1. The van der Waals surface area contributed by atoms with Crippen molar-refractivity contribution in [1.82, 2.24) is 0 Å². The fourth-order valence-electron chi connectivity index (χ4n) is 1.75. The van der Waals surface area contributed by atoms with Gasteiger partial charge in [-0.1, -0.05) is 0 Å². The zero-order chi connectivity index (χ0) is 11.0. The van der Waals surface area contributed by atoms with E-state index in [1.165, 1.54) is 0 Å². The second kappa shape index (κ2) is 4.02.